The van der Waals surface area contributed by atoms with Crippen molar-refractivity contribution in [1.82, 2.24) is 9.91 Å². The van der Waals surface area contributed by atoms with E-state index in [1.54, 1.807) is 0 Å². The Labute approximate surface area is 115 Å². The van der Waals surface area contributed by atoms with Crippen molar-refractivity contribution in [2.45, 2.75) is 6.23 Å². The Kier molecular flexibility index (Phi) is 4.13. The van der Waals surface area contributed by atoms with Crippen LogP contribution in [0, 0.1) is 0 Å². The summed E-state index contributed by atoms with van der Waals surface area (Å²) >= 11 is 5.32. The van der Waals surface area contributed by atoms with Crippen LogP contribution in [0.5, 0.6) is 0 Å². The van der Waals surface area contributed by atoms with Gasteiger partial charge in [0, 0.05) is 7.11 Å². The van der Waals surface area contributed by atoms with Crippen LogP contribution in [0.25, 0.3) is 0 Å². The third-order valence-corrected chi connectivity index (χ3v) is 2.86. The summed E-state index contributed by atoms with van der Waals surface area (Å²) in [5, 5.41) is 4.29. The van der Waals surface area contributed by atoms with Gasteiger partial charge in [-0.1, -0.05) is 30.3 Å². The van der Waals surface area contributed by atoms with Crippen LogP contribution in [0.2, 0.25) is 0 Å². The van der Waals surface area contributed by atoms with Gasteiger partial charge in [-0.15, -0.1) is 0 Å². The van der Waals surface area contributed by atoms with Gasteiger partial charge in [-0.2, -0.15) is 10.1 Å². The fraction of sp³-hybridized carbons (Fsp3) is 0.250. The molecule has 0 saturated carbocycles. The zero-order chi connectivity index (χ0) is 13.8. The molecule has 0 spiro atoms. The maximum absolute atomic E-state index is 11.9. The Balaban J connectivity index is 2.16. The molecule has 2 rings (SSSR count). The molecule has 6 nitrogen and oxygen atoms in total. The second-order valence-corrected chi connectivity index (χ2v) is 4.16. The van der Waals surface area contributed by atoms with Gasteiger partial charge in [-0.25, -0.2) is 9.69 Å². The number of hydrogen-bond donors (Lipinski definition) is 0. The zero-order valence-corrected chi connectivity index (χ0v) is 10.9. The molecule has 1 aliphatic heterocycles. The van der Waals surface area contributed by atoms with Crippen LogP contribution in [-0.2, 0) is 4.74 Å². The van der Waals surface area contributed by atoms with Gasteiger partial charge in [0.1, 0.15) is 0 Å². The van der Waals surface area contributed by atoms with Gasteiger partial charge in [0.15, 0.2) is 6.23 Å². The summed E-state index contributed by atoms with van der Waals surface area (Å²) in [6.45, 7) is 0.0593. The fourth-order valence-corrected chi connectivity index (χ4v) is 1.81. The number of hydrogen-bond acceptors (Lipinski definition) is 4. The van der Waals surface area contributed by atoms with Gasteiger partial charge in [-0.05, 0) is 17.2 Å². The first kappa shape index (κ1) is 13.5. The van der Waals surface area contributed by atoms with Crippen LogP contribution in [0.3, 0.4) is 0 Å². The molecule has 0 radical (unpaired) electrons. The highest BCUT2D eigenvalue weighted by atomic mass is 35.5. The molecular weight excluding hydrogens is 270 g/mol. The van der Waals surface area contributed by atoms with Crippen LogP contribution in [-0.4, -0.2) is 47.4 Å². The molecule has 1 unspecified atom stereocenters. The summed E-state index contributed by atoms with van der Waals surface area (Å²) < 4.78 is 5.10. The SMILES string of the molecule is COC1CN(C(=O)Cl)C(=O)N1N=Cc1ccccc1. The van der Waals surface area contributed by atoms with Crippen LogP contribution >= 0.6 is 11.6 Å². The van der Waals surface area contributed by atoms with Crippen LogP contribution in [0.15, 0.2) is 35.4 Å². The molecule has 100 valence electrons. The van der Waals surface area contributed by atoms with Crippen LogP contribution in [0.1, 0.15) is 5.56 Å². The lowest BCUT2D eigenvalue weighted by molar-refractivity contribution is 0.0201. The standard InChI is InChI=1S/C12H12ClN3O3/c1-19-10-8-15(11(13)17)12(18)16(10)14-7-9-5-3-2-4-6-9/h2-7,10H,8H2,1H3. The van der Waals surface area contributed by atoms with Crippen molar-refractivity contribution in [2.75, 3.05) is 13.7 Å². The van der Waals surface area contributed by atoms with Gasteiger partial charge in [0.05, 0.1) is 12.8 Å². The molecule has 1 aromatic rings. The van der Waals surface area contributed by atoms with E-state index < -0.39 is 17.6 Å². The molecule has 1 aliphatic rings. The van der Waals surface area contributed by atoms with E-state index in [9.17, 15) is 9.59 Å². The first-order chi connectivity index (χ1) is 9.13. The highest BCUT2D eigenvalue weighted by molar-refractivity contribution is 6.64. The number of benzene rings is 1. The van der Waals surface area contributed by atoms with Crippen LogP contribution < -0.4 is 0 Å². The minimum Gasteiger partial charge on any atom is -0.358 e. The predicted molar refractivity (Wildman–Crippen MR) is 70.0 cm³/mol. The number of carbonyl (C=O) groups is 2. The molecule has 19 heavy (non-hydrogen) atoms. The number of urea groups is 1. The number of methoxy groups -OCH3 is 1. The van der Waals surface area contributed by atoms with Crippen molar-refractivity contribution in [3.05, 3.63) is 35.9 Å². The number of nitrogens with zero attached hydrogens (tertiary/aromatic N) is 3. The first-order valence-electron chi connectivity index (χ1n) is 5.55. The summed E-state index contributed by atoms with van der Waals surface area (Å²) in [7, 11) is 1.44. The second kappa shape index (κ2) is 5.81. The van der Waals surface area contributed by atoms with Crippen molar-refractivity contribution in [2.24, 2.45) is 5.10 Å². The lowest BCUT2D eigenvalue weighted by atomic mass is 10.2. The molecule has 0 aliphatic carbocycles. The summed E-state index contributed by atoms with van der Waals surface area (Å²) in [5.74, 6) is 0. The van der Waals surface area contributed by atoms with Gasteiger partial charge >= 0.3 is 11.4 Å². The summed E-state index contributed by atoms with van der Waals surface area (Å²) in [6, 6.07) is 8.68. The van der Waals surface area contributed by atoms with Crippen molar-refractivity contribution >= 4 is 29.2 Å². The van der Waals surface area contributed by atoms with E-state index in [0.29, 0.717) is 0 Å². The molecule has 1 atom stereocenters. The average Bonchev–Trinajstić information content (AvgIpc) is 2.74. The second-order valence-electron chi connectivity index (χ2n) is 3.84. The van der Waals surface area contributed by atoms with Crippen molar-refractivity contribution in [1.29, 1.82) is 0 Å². The highest BCUT2D eigenvalue weighted by Gasteiger charge is 2.40. The van der Waals surface area contributed by atoms with Crippen LogP contribution in [0.4, 0.5) is 9.59 Å². The number of ether oxygens (including phenoxy) is 1. The van der Waals surface area contributed by atoms with Gasteiger partial charge < -0.3 is 4.74 Å². The Morgan fingerprint density at radius 1 is 1.47 bits per heavy atom. The number of halogens is 1. The normalized spacial score (nSPS) is 19.5. The molecule has 1 fully saturated rings. The molecule has 0 aromatic heterocycles. The van der Waals surface area contributed by atoms with Crippen molar-refractivity contribution < 1.29 is 14.3 Å². The number of imide groups is 1. The summed E-state index contributed by atoms with van der Waals surface area (Å²) in [4.78, 5) is 23.8. The predicted octanol–water partition coefficient (Wildman–Crippen LogP) is 2.09. The third-order valence-electron chi connectivity index (χ3n) is 2.65. The van der Waals surface area contributed by atoms with Gasteiger partial charge in [-0.3, -0.25) is 4.79 Å². The Bertz CT molecular complexity index is 506. The Morgan fingerprint density at radius 3 is 2.74 bits per heavy atom. The molecule has 0 bridgehead atoms. The van der Waals surface area contributed by atoms with E-state index in [1.807, 2.05) is 30.3 Å². The number of carbonyl (C=O) groups excluding carboxylic acids is 2. The Morgan fingerprint density at radius 2 is 2.16 bits per heavy atom. The lowest BCUT2D eigenvalue weighted by Crippen LogP contribution is -2.32. The van der Waals surface area contributed by atoms with E-state index in [2.05, 4.69) is 5.10 Å². The number of amides is 3. The van der Waals surface area contributed by atoms with E-state index in [1.165, 1.54) is 13.3 Å². The molecule has 1 aromatic carbocycles. The monoisotopic (exact) mass is 281 g/mol. The van der Waals surface area contributed by atoms with E-state index >= 15 is 0 Å². The van der Waals surface area contributed by atoms with E-state index in [-0.39, 0.29) is 6.54 Å². The van der Waals surface area contributed by atoms with Crippen molar-refractivity contribution in [3.63, 3.8) is 0 Å². The molecular formula is C12H12ClN3O3. The number of hydrazone groups is 1. The third kappa shape index (κ3) is 2.91. The van der Waals surface area contributed by atoms with Crippen molar-refractivity contribution in [3.8, 4) is 0 Å². The topological polar surface area (TPSA) is 62.2 Å². The average molecular weight is 282 g/mol. The molecule has 0 N–H and O–H groups in total. The molecule has 7 heteroatoms. The quantitative estimate of drug-likeness (QED) is 0.484. The minimum atomic E-state index is -0.843. The lowest BCUT2D eigenvalue weighted by Gasteiger charge is -2.15. The van der Waals surface area contributed by atoms with Gasteiger partial charge in [0.2, 0.25) is 0 Å². The van der Waals surface area contributed by atoms with Gasteiger partial charge in [0.25, 0.3) is 0 Å². The maximum atomic E-state index is 11.9. The maximum Gasteiger partial charge on any atom is 0.350 e. The Hall–Kier alpha value is -1.92. The zero-order valence-electron chi connectivity index (χ0n) is 10.2. The largest absolute Gasteiger partial charge is 0.358 e. The fourth-order valence-electron chi connectivity index (χ4n) is 1.67. The summed E-state index contributed by atoms with van der Waals surface area (Å²) in [6.07, 6.45) is 0.890. The van der Waals surface area contributed by atoms with E-state index in [0.717, 1.165) is 15.5 Å². The smallest absolute Gasteiger partial charge is 0.350 e. The summed E-state index contributed by atoms with van der Waals surface area (Å²) in [5.41, 5.74) is 0.834. The molecule has 1 saturated heterocycles. The molecule has 1 heterocycles. The highest BCUT2D eigenvalue weighted by Crippen LogP contribution is 2.18. The number of rotatable bonds is 3. The minimum absolute atomic E-state index is 0.0593. The molecule has 3 amide bonds. The van der Waals surface area contributed by atoms with E-state index in [4.69, 9.17) is 16.3 Å². The first-order valence-corrected chi connectivity index (χ1v) is 5.93.